The van der Waals surface area contributed by atoms with E-state index in [4.69, 9.17) is 4.74 Å². The fourth-order valence-electron chi connectivity index (χ4n) is 2.16. The summed E-state index contributed by atoms with van der Waals surface area (Å²) < 4.78 is 5.55. The Morgan fingerprint density at radius 1 is 1.09 bits per heavy atom. The fraction of sp³-hybridized carbons (Fsp3) is 0.412. The number of aromatic nitrogens is 2. The van der Waals surface area contributed by atoms with Crippen molar-refractivity contribution in [1.29, 1.82) is 0 Å². The average Bonchev–Trinajstić information content (AvgIpc) is 2.54. The number of aliphatic hydroxyl groups is 1. The maximum Gasteiger partial charge on any atom is 0.224 e. The molecular formula is C17H24N4O2. The van der Waals surface area contributed by atoms with E-state index in [-0.39, 0.29) is 6.61 Å². The van der Waals surface area contributed by atoms with Gasteiger partial charge in [-0.25, -0.2) is 9.97 Å². The molecule has 2 aromatic rings. The van der Waals surface area contributed by atoms with Crippen LogP contribution in [0.2, 0.25) is 0 Å². The second kappa shape index (κ2) is 8.45. The lowest BCUT2D eigenvalue weighted by Crippen LogP contribution is -2.32. The highest BCUT2D eigenvalue weighted by Crippen LogP contribution is 2.09. The molecule has 0 aliphatic heterocycles. The van der Waals surface area contributed by atoms with Crippen LogP contribution in [0, 0.1) is 0 Å². The SMILES string of the molecule is CN(Cc1cnc(N(C)C)nc1)CC(O)COc1ccccc1. The minimum absolute atomic E-state index is 0.268. The maximum absolute atomic E-state index is 10.1. The summed E-state index contributed by atoms with van der Waals surface area (Å²) in [6.07, 6.45) is 3.07. The zero-order chi connectivity index (χ0) is 16.7. The Morgan fingerprint density at radius 2 is 1.74 bits per heavy atom. The number of likely N-dealkylation sites (N-methyl/N-ethyl adjacent to an activating group) is 1. The summed E-state index contributed by atoms with van der Waals surface area (Å²) >= 11 is 0. The van der Waals surface area contributed by atoms with Gasteiger partial charge in [0.2, 0.25) is 5.95 Å². The number of ether oxygens (including phenoxy) is 1. The summed E-state index contributed by atoms with van der Waals surface area (Å²) in [4.78, 5) is 12.5. The van der Waals surface area contributed by atoms with Gasteiger partial charge in [0.25, 0.3) is 0 Å². The van der Waals surface area contributed by atoms with E-state index in [0.717, 1.165) is 11.3 Å². The van der Waals surface area contributed by atoms with Gasteiger partial charge in [0.1, 0.15) is 18.5 Å². The van der Waals surface area contributed by atoms with Gasteiger partial charge in [-0.15, -0.1) is 0 Å². The summed E-state index contributed by atoms with van der Waals surface area (Å²) in [6, 6.07) is 9.50. The van der Waals surface area contributed by atoms with Crippen molar-refractivity contribution in [3.8, 4) is 5.75 Å². The summed E-state index contributed by atoms with van der Waals surface area (Å²) in [5, 5.41) is 10.1. The van der Waals surface area contributed by atoms with Crippen molar-refractivity contribution in [3.63, 3.8) is 0 Å². The molecule has 0 radical (unpaired) electrons. The van der Waals surface area contributed by atoms with E-state index >= 15 is 0 Å². The van der Waals surface area contributed by atoms with Crippen molar-refractivity contribution in [1.82, 2.24) is 14.9 Å². The van der Waals surface area contributed by atoms with Gasteiger partial charge in [0, 0.05) is 45.1 Å². The predicted octanol–water partition coefficient (Wildman–Crippen LogP) is 1.41. The first-order valence-electron chi connectivity index (χ1n) is 7.57. The van der Waals surface area contributed by atoms with Crippen LogP contribution < -0.4 is 9.64 Å². The zero-order valence-electron chi connectivity index (χ0n) is 13.9. The minimum atomic E-state index is -0.554. The molecule has 0 aliphatic rings. The van der Waals surface area contributed by atoms with Gasteiger partial charge in [-0.3, -0.25) is 4.90 Å². The van der Waals surface area contributed by atoms with Crippen molar-refractivity contribution in [2.45, 2.75) is 12.6 Å². The van der Waals surface area contributed by atoms with Gasteiger partial charge in [-0.1, -0.05) is 18.2 Å². The van der Waals surface area contributed by atoms with Crippen LogP contribution in [0.1, 0.15) is 5.56 Å². The third kappa shape index (κ3) is 5.84. The summed E-state index contributed by atoms with van der Waals surface area (Å²) in [7, 11) is 5.76. The number of aliphatic hydroxyl groups excluding tert-OH is 1. The molecule has 124 valence electrons. The van der Waals surface area contributed by atoms with Gasteiger partial charge in [-0.2, -0.15) is 0 Å². The lowest BCUT2D eigenvalue weighted by Gasteiger charge is -2.21. The maximum atomic E-state index is 10.1. The van der Waals surface area contributed by atoms with Crippen molar-refractivity contribution >= 4 is 5.95 Å². The molecule has 6 nitrogen and oxygen atoms in total. The van der Waals surface area contributed by atoms with Gasteiger partial charge in [0.05, 0.1) is 0 Å². The van der Waals surface area contributed by atoms with Crippen LogP contribution in [0.3, 0.4) is 0 Å². The smallest absolute Gasteiger partial charge is 0.224 e. The number of rotatable bonds is 8. The molecule has 0 saturated heterocycles. The first kappa shape index (κ1) is 17.2. The summed E-state index contributed by atoms with van der Waals surface area (Å²) in [6.45, 7) is 1.46. The molecule has 1 atom stereocenters. The quantitative estimate of drug-likeness (QED) is 0.795. The highest BCUT2D eigenvalue weighted by molar-refractivity contribution is 5.26. The van der Waals surface area contributed by atoms with Crippen LogP contribution in [0.4, 0.5) is 5.95 Å². The van der Waals surface area contributed by atoms with E-state index in [9.17, 15) is 5.11 Å². The van der Waals surface area contributed by atoms with Gasteiger partial charge in [-0.05, 0) is 19.2 Å². The first-order valence-corrected chi connectivity index (χ1v) is 7.57. The van der Waals surface area contributed by atoms with Crippen LogP contribution in [0.25, 0.3) is 0 Å². The van der Waals surface area contributed by atoms with E-state index in [1.165, 1.54) is 0 Å². The van der Waals surface area contributed by atoms with E-state index in [2.05, 4.69) is 9.97 Å². The lowest BCUT2D eigenvalue weighted by molar-refractivity contribution is 0.0743. The number of benzene rings is 1. The van der Waals surface area contributed by atoms with Crippen LogP contribution in [0.15, 0.2) is 42.7 Å². The van der Waals surface area contributed by atoms with Gasteiger partial charge >= 0.3 is 0 Å². The number of hydrogen-bond donors (Lipinski definition) is 1. The highest BCUT2D eigenvalue weighted by Gasteiger charge is 2.10. The average molecular weight is 316 g/mol. The van der Waals surface area contributed by atoms with Crippen LogP contribution in [-0.4, -0.2) is 60.4 Å². The van der Waals surface area contributed by atoms with Crippen LogP contribution in [-0.2, 0) is 6.54 Å². The Labute approximate surface area is 137 Å². The minimum Gasteiger partial charge on any atom is -0.491 e. The van der Waals surface area contributed by atoms with Crippen molar-refractivity contribution in [3.05, 3.63) is 48.3 Å². The second-order valence-electron chi connectivity index (χ2n) is 5.76. The summed E-state index contributed by atoms with van der Waals surface area (Å²) in [5.74, 6) is 1.45. The first-order chi connectivity index (χ1) is 11.0. The molecule has 0 fully saturated rings. The van der Waals surface area contributed by atoms with Crippen molar-refractivity contribution < 1.29 is 9.84 Å². The summed E-state index contributed by atoms with van der Waals surface area (Å²) in [5.41, 5.74) is 1.01. The predicted molar refractivity (Wildman–Crippen MR) is 90.6 cm³/mol. The molecule has 23 heavy (non-hydrogen) atoms. The van der Waals surface area contributed by atoms with Crippen molar-refractivity contribution in [2.24, 2.45) is 0 Å². The molecule has 1 aromatic carbocycles. The number of nitrogens with zero attached hydrogens (tertiary/aromatic N) is 4. The largest absolute Gasteiger partial charge is 0.491 e. The molecule has 1 aromatic heterocycles. The Balaban J connectivity index is 1.76. The normalized spacial score (nSPS) is 12.2. The molecule has 2 rings (SSSR count). The van der Waals surface area contributed by atoms with Crippen molar-refractivity contribution in [2.75, 3.05) is 39.2 Å². The fourth-order valence-corrected chi connectivity index (χ4v) is 2.16. The third-order valence-corrected chi connectivity index (χ3v) is 3.25. The van der Waals surface area contributed by atoms with Gasteiger partial charge in [0.15, 0.2) is 0 Å². The Bertz CT molecular complexity index is 575. The topological polar surface area (TPSA) is 61.7 Å². The Morgan fingerprint density at radius 3 is 2.35 bits per heavy atom. The molecule has 0 spiro atoms. The third-order valence-electron chi connectivity index (χ3n) is 3.25. The molecule has 0 aliphatic carbocycles. The molecule has 1 unspecified atom stereocenters. The van der Waals surface area contributed by atoms with E-state index in [1.807, 2.05) is 73.7 Å². The number of hydrogen-bond acceptors (Lipinski definition) is 6. The van der Waals surface area contributed by atoms with Crippen LogP contribution in [0.5, 0.6) is 5.75 Å². The molecule has 0 saturated carbocycles. The van der Waals surface area contributed by atoms with Gasteiger partial charge < -0.3 is 14.7 Å². The molecule has 0 bridgehead atoms. The lowest BCUT2D eigenvalue weighted by atomic mass is 10.3. The second-order valence-corrected chi connectivity index (χ2v) is 5.76. The highest BCUT2D eigenvalue weighted by atomic mass is 16.5. The molecule has 0 amide bonds. The standard InChI is InChI=1S/C17H24N4O2/c1-20(2)17-18-9-14(10-19-17)11-21(3)12-15(22)13-23-16-7-5-4-6-8-16/h4-10,15,22H,11-13H2,1-3H3. The Kier molecular flexibility index (Phi) is 6.31. The molecule has 6 heteroatoms. The van der Waals surface area contributed by atoms with E-state index in [1.54, 1.807) is 0 Å². The number of para-hydroxylation sites is 1. The molecule has 1 N–H and O–H groups in total. The molecular weight excluding hydrogens is 292 g/mol. The molecule has 1 heterocycles. The van der Waals surface area contributed by atoms with E-state index in [0.29, 0.717) is 19.0 Å². The zero-order valence-corrected chi connectivity index (χ0v) is 13.9. The van der Waals surface area contributed by atoms with E-state index < -0.39 is 6.10 Å². The number of anilines is 1. The van der Waals surface area contributed by atoms with Crippen LogP contribution >= 0.6 is 0 Å². The monoisotopic (exact) mass is 316 g/mol. The Hall–Kier alpha value is -2.18.